The fraction of sp³-hybridized carbons (Fsp3) is 0.258. The van der Waals surface area contributed by atoms with Crippen LogP contribution < -0.4 is 15.6 Å². The molecule has 0 saturated heterocycles. The van der Waals surface area contributed by atoms with Gasteiger partial charge in [-0.2, -0.15) is 18.4 Å². The fourth-order valence-electron chi connectivity index (χ4n) is 4.72. The number of aromatic nitrogens is 1. The summed E-state index contributed by atoms with van der Waals surface area (Å²) in [6, 6.07) is 24.8. The molecule has 10 heteroatoms. The number of benzene rings is 3. The average Bonchev–Trinajstić information content (AvgIpc) is 2.97. The lowest BCUT2D eigenvalue weighted by molar-refractivity contribution is -0.209. The summed E-state index contributed by atoms with van der Waals surface area (Å²) in [5.74, 6) is -1.82. The maximum atomic E-state index is 13.6. The first-order chi connectivity index (χ1) is 19.5. The largest absolute Gasteiger partial charge is 0.497 e. The molecule has 1 atom stereocenters. The Morgan fingerprint density at radius 3 is 2.22 bits per heavy atom. The van der Waals surface area contributed by atoms with Crippen LogP contribution in [0, 0.1) is 11.3 Å². The van der Waals surface area contributed by atoms with Crippen LogP contribution in [0.4, 0.5) is 13.2 Å². The number of nitriles is 1. The second-order valence-corrected chi connectivity index (χ2v) is 9.89. The molecule has 4 rings (SSSR count). The molecule has 1 heterocycles. The highest BCUT2D eigenvalue weighted by molar-refractivity contribution is 5.99. The summed E-state index contributed by atoms with van der Waals surface area (Å²) < 4.78 is 51.0. The first-order valence-electron chi connectivity index (χ1n) is 12.8. The zero-order valence-electron chi connectivity index (χ0n) is 22.7. The van der Waals surface area contributed by atoms with E-state index in [0.29, 0.717) is 33.2 Å². The number of alkyl halides is 3. The number of carbonyl (C=O) groups is 1. The Balaban J connectivity index is 1.75. The predicted molar refractivity (Wildman–Crippen MR) is 148 cm³/mol. The molecule has 0 aliphatic carbocycles. The molecule has 1 unspecified atom stereocenters. The molecular formula is C31H28F3N3O4. The van der Waals surface area contributed by atoms with E-state index in [0.717, 1.165) is 0 Å². The molecule has 3 aromatic carbocycles. The number of hydrogen-bond donors (Lipinski definition) is 1. The number of esters is 1. The van der Waals surface area contributed by atoms with Crippen molar-refractivity contribution < 1.29 is 27.4 Å². The van der Waals surface area contributed by atoms with Crippen molar-refractivity contribution >= 4 is 16.7 Å². The molecule has 4 aromatic rings. The lowest BCUT2D eigenvalue weighted by Crippen LogP contribution is -2.50. The van der Waals surface area contributed by atoms with Crippen LogP contribution in [0.2, 0.25) is 0 Å². The smallest absolute Gasteiger partial charge is 0.490 e. The van der Waals surface area contributed by atoms with Crippen molar-refractivity contribution in [2.24, 2.45) is 0 Å². The van der Waals surface area contributed by atoms with Crippen molar-refractivity contribution in [2.75, 3.05) is 13.7 Å². The molecular weight excluding hydrogens is 535 g/mol. The molecule has 1 N–H and O–H groups in total. The average molecular weight is 564 g/mol. The van der Waals surface area contributed by atoms with E-state index in [-0.39, 0.29) is 18.8 Å². The minimum Gasteiger partial charge on any atom is -0.497 e. The van der Waals surface area contributed by atoms with Gasteiger partial charge < -0.3 is 9.47 Å². The van der Waals surface area contributed by atoms with Gasteiger partial charge in [0.1, 0.15) is 17.5 Å². The molecule has 41 heavy (non-hydrogen) atoms. The van der Waals surface area contributed by atoms with Crippen molar-refractivity contribution in [3.05, 3.63) is 100 Å². The topological polar surface area (TPSA) is 93.3 Å². The fourth-order valence-corrected chi connectivity index (χ4v) is 4.72. The van der Waals surface area contributed by atoms with Crippen LogP contribution >= 0.6 is 0 Å². The number of hydrogen-bond acceptors (Lipinski definition) is 6. The van der Waals surface area contributed by atoms with Crippen LogP contribution in [0.5, 0.6) is 5.75 Å². The van der Waals surface area contributed by atoms with Crippen molar-refractivity contribution in [3.63, 3.8) is 0 Å². The highest BCUT2D eigenvalue weighted by Crippen LogP contribution is 2.33. The summed E-state index contributed by atoms with van der Waals surface area (Å²) in [5, 5.41) is 14.0. The van der Waals surface area contributed by atoms with Crippen LogP contribution in [-0.2, 0) is 21.5 Å². The molecule has 0 aliphatic rings. The molecule has 0 spiro atoms. The van der Waals surface area contributed by atoms with Gasteiger partial charge in [-0.3, -0.25) is 14.7 Å². The summed E-state index contributed by atoms with van der Waals surface area (Å²) in [4.78, 5) is 25.4. The molecule has 7 nitrogen and oxygen atoms in total. The van der Waals surface area contributed by atoms with Crippen LogP contribution in [0.15, 0.2) is 83.7 Å². The Labute approximate surface area is 234 Å². The zero-order chi connectivity index (χ0) is 29.8. The van der Waals surface area contributed by atoms with Gasteiger partial charge in [-0.05, 0) is 29.3 Å². The van der Waals surface area contributed by atoms with Crippen molar-refractivity contribution in [1.82, 2.24) is 9.88 Å². The predicted octanol–water partition coefficient (Wildman–Crippen LogP) is 5.55. The molecule has 0 saturated carbocycles. The van der Waals surface area contributed by atoms with E-state index in [2.05, 4.69) is 11.4 Å². The maximum Gasteiger partial charge on any atom is 0.490 e. The second-order valence-electron chi connectivity index (χ2n) is 9.89. The highest BCUT2D eigenvalue weighted by atomic mass is 19.4. The second kappa shape index (κ2) is 11.9. The van der Waals surface area contributed by atoms with Crippen molar-refractivity contribution in [3.8, 4) is 22.9 Å². The Bertz CT molecular complexity index is 1640. The van der Waals surface area contributed by atoms with E-state index >= 15 is 0 Å². The number of ether oxygens (including phenoxy) is 2. The van der Waals surface area contributed by atoms with Crippen molar-refractivity contribution in [1.29, 1.82) is 5.26 Å². The van der Waals surface area contributed by atoms with E-state index in [4.69, 9.17) is 9.47 Å². The highest BCUT2D eigenvalue weighted by Gasteiger charge is 2.45. The monoisotopic (exact) mass is 563 g/mol. The molecule has 0 fully saturated rings. The zero-order valence-corrected chi connectivity index (χ0v) is 22.7. The lowest BCUT2D eigenvalue weighted by atomic mass is 9.82. The Morgan fingerprint density at radius 1 is 1.00 bits per heavy atom. The van der Waals surface area contributed by atoms with Gasteiger partial charge in [0, 0.05) is 34.8 Å². The summed E-state index contributed by atoms with van der Waals surface area (Å²) in [6.45, 7) is 3.12. The number of nitrogens with one attached hydrogen (secondary N) is 1. The summed E-state index contributed by atoms with van der Waals surface area (Å²) in [7, 11) is 1.50. The minimum absolute atomic E-state index is 0.0786. The Hall–Kier alpha value is -4.62. The number of pyridine rings is 1. The number of fused-ring (bicyclic) bond motifs is 1. The first-order valence-corrected chi connectivity index (χ1v) is 12.8. The van der Waals surface area contributed by atoms with Gasteiger partial charge >= 0.3 is 12.1 Å². The van der Waals surface area contributed by atoms with Gasteiger partial charge in [0.15, 0.2) is 6.23 Å². The van der Waals surface area contributed by atoms with Gasteiger partial charge in [0.05, 0.1) is 7.11 Å². The Kier molecular flexibility index (Phi) is 8.49. The third-order valence-corrected chi connectivity index (χ3v) is 6.94. The molecule has 0 bridgehead atoms. The standard InChI is InChI=1S/C31H28F3N3O4/c1-30(2,21-12-8-5-9-13-21)28(41-29(39)31(32,33)34)36-16-17-37-25(19-35)26(20-10-6-4-7-11-20)24-18-22(40-3)14-15-23(24)27(37)38/h4-15,18,28,36H,16-17H2,1-3H3. The molecule has 0 aliphatic heterocycles. The van der Waals surface area contributed by atoms with Gasteiger partial charge in [-0.25, -0.2) is 4.79 Å². The van der Waals surface area contributed by atoms with E-state index in [1.807, 2.05) is 30.3 Å². The third kappa shape index (κ3) is 6.10. The number of halogens is 3. The first kappa shape index (κ1) is 29.4. The van der Waals surface area contributed by atoms with E-state index in [9.17, 15) is 28.0 Å². The van der Waals surface area contributed by atoms with Crippen LogP contribution in [0.1, 0.15) is 25.1 Å². The Morgan fingerprint density at radius 2 is 1.63 bits per heavy atom. The van der Waals surface area contributed by atoms with Crippen molar-refractivity contribution in [2.45, 2.75) is 38.2 Å². The normalized spacial score (nSPS) is 12.5. The number of nitrogens with zero attached hydrogens (tertiary/aromatic N) is 2. The number of carbonyl (C=O) groups excluding carboxylic acids is 1. The lowest BCUT2D eigenvalue weighted by Gasteiger charge is -2.35. The van der Waals surface area contributed by atoms with Crippen LogP contribution in [0.3, 0.4) is 0 Å². The quantitative estimate of drug-likeness (QED) is 0.212. The van der Waals surface area contributed by atoms with Crippen LogP contribution in [0.25, 0.3) is 21.9 Å². The SMILES string of the molecule is COc1ccc2c(=O)n(CCNC(OC(=O)C(F)(F)F)C(C)(C)c3ccccc3)c(C#N)c(-c3ccccc3)c2c1. The summed E-state index contributed by atoms with van der Waals surface area (Å²) in [6.07, 6.45) is -6.60. The molecule has 0 amide bonds. The molecule has 212 valence electrons. The van der Waals surface area contributed by atoms with Gasteiger partial charge in [-0.15, -0.1) is 0 Å². The van der Waals surface area contributed by atoms with E-state index in [1.54, 1.807) is 62.4 Å². The summed E-state index contributed by atoms with van der Waals surface area (Å²) >= 11 is 0. The van der Waals surface area contributed by atoms with Gasteiger partial charge in [0.25, 0.3) is 5.56 Å². The van der Waals surface area contributed by atoms with Crippen LogP contribution in [-0.4, -0.2) is 36.6 Å². The summed E-state index contributed by atoms with van der Waals surface area (Å²) in [5.41, 5.74) is 0.396. The third-order valence-electron chi connectivity index (χ3n) is 6.94. The minimum atomic E-state index is -5.19. The molecule has 1 aromatic heterocycles. The number of methoxy groups -OCH3 is 1. The van der Waals surface area contributed by atoms with E-state index < -0.39 is 29.3 Å². The van der Waals surface area contributed by atoms with Gasteiger partial charge in [0.2, 0.25) is 0 Å². The van der Waals surface area contributed by atoms with E-state index in [1.165, 1.54) is 11.7 Å². The maximum absolute atomic E-state index is 13.6. The number of rotatable bonds is 9. The van der Waals surface area contributed by atoms with Gasteiger partial charge in [-0.1, -0.05) is 74.5 Å². The molecule has 0 radical (unpaired) electrons.